The number of carbonyl (C=O) groups excluding carboxylic acids is 1. The van der Waals surface area contributed by atoms with Crippen molar-refractivity contribution in [2.24, 2.45) is 0 Å². The van der Waals surface area contributed by atoms with Crippen LogP contribution in [0.3, 0.4) is 0 Å². The zero-order chi connectivity index (χ0) is 12.3. The second-order valence-electron chi connectivity index (χ2n) is 4.56. The Morgan fingerprint density at radius 3 is 3.06 bits per heavy atom. The number of carbonyl (C=O) groups is 1. The molecule has 1 atom stereocenters. The molecular weight excluding hydrogens is 214 g/mol. The smallest absolute Gasteiger partial charge is 0.244 e. The Morgan fingerprint density at radius 1 is 1.65 bits per heavy atom. The molecule has 1 aliphatic rings. The number of nitrogens with one attached hydrogen (secondary N) is 2. The summed E-state index contributed by atoms with van der Waals surface area (Å²) in [4.78, 5) is 16.5. The van der Waals surface area contributed by atoms with E-state index in [0.29, 0.717) is 0 Å². The molecule has 1 saturated heterocycles. The maximum absolute atomic E-state index is 12.3. The van der Waals surface area contributed by atoms with Gasteiger partial charge in [-0.1, -0.05) is 6.92 Å². The van der Waals surface area contributed by atoms with Crippen LogP contribution in [0.1, 0.15) is 31.9 Å². The van der Waals surface area contributed by atoms with Crippen molar-refractivity contribution in [2.75, 3.05) is 11.9 Å². The Bertz CT molecular complexity index is 411. The number of aryl methyl sites for hydroxylation is 1. The van der Waals surface area contributed by atoms with Crippen LogP contribution in [0.25, 0.3) is 0 Å². The lowest BCUT2D eigenvalue weighted by molar-refractivity contribution is -0.122. The van der Waals surface area contributed by atoms with Gasteiger partial charge < -0.3 is 10.6 Å². The number of hydrogen-bond donors (Lipinski definition) is 2. The minimum absolute atomic E-state index is 0.0635. The van der Waals surface area contributed by atoms with E-state index in [4.69, 9.17) is 0 Å². The predicted octanol–water partition coefficient (Wildman–Crippen LogP) is 1.86. The van der Waals surface area contributed by atoms with E-state index in [9.17, 15) is 4.79 Å². The van der Waals surface area contributed by atoms with E-state index in [1.54, 1.807) is 6.20 Å². The molecule has 1 aromatic rings. The molecule has 0 aliphatic carbocycles. The summed E-state index contributed by atoms with van der Waals surface area (Å²) in [5.74, 6) is 0.0635. The molecule has 0 spiro atoms. The normalized spacial score (nSPS) is 23.6. The van der Waals surface area contributed by atoms with Crippen LogP contribution in [0.5, 0.6) is 0 Å². The SMILES string of the molecule is CCC1(C(=O)Nc2cccnc2C)CCCN1. The van der Waals surface area contributed by atoms with Gasteiger partial charge in [0.05, 0.1) is 16.9 Å². The van der Waals surface area contributed by atoms with Crippen molar-refractivity contribution < 1.29 is 4.79 Å². The first kappa shape index (κ1) is 12.0. The van der Waals surface area contributed by atoms with Crippen LogP contribution in [0.15, 0.2) is 18.3 Å². The van der Waals surface area contributed by atoms with Gasteiger partial charge in [-0.05, 0) is 44.9 Å². The van der Waals surface area contributed by atoms with Crippen LogP contribution >= 0.6 is 0 Å². The maximum atomic E-state index is 12.3. The average molecular weight is 233 g/mol. The van der Waals surface area contributed by atoms with Crippen molar-refractivity contribution in [1.29, 1.82) is 0 Å². The summed E-state index contributed by atoms with van der Waals surface area (Å²) in [6.07, 6.45) is 4.52. The van der Waals surface area contributed by atoms with Gasteiger partial charge in [-0.3, -0.25) is 9.78 Å². The molecule has 1 fully saturated rings. The fourth-order valence-corrected chi connectivity index (χ4v) is 2.32. The zero-order valence-electron chi connectivity index (χ0n) is 10.4. The second-order valence-corrected chi connectivity index (χ2v) is 4.56. The fraction of sp³-hybridized carbons (Fsp3) is 0.538. The molecule has 4 nitrogen and oxygen atoms in total. The monoisotopic (exact) mass is 233 g/mol. The van der Waals surface area contributed by atoms with Crippen molar-refractivity contribution in [2.45, 2.75) is 38.6 Å². The van der Waals surface area contributed by atoms with Gasteiger partial charge >= 0.3 is 0 Å². The third kappa shape index (κ3) is 2.31. The predicted molar refractivity (Wildman–Crippen MR) is 67.9 cm³/mol. The van der Waals surface area contributed by atoms with Gasteiger partial charge in [-0.2, -0.15) is 0 Å². The highest BCUT2D eigenvalue weighted by molar-refractivity contribution is 5.98. The summed E-state index contributed by atoms with van der Waals surface area (Å²) in [6, 6.07) is 3.72. The number of hydrogen-bond acceptors (Lipinski definition) is 3. The first-order chi connectivity index (χ1) is 8.18. The molecule has 0 aromatic carbocycles. The van der Waals surface area contributed by atoms with Crippen molar-refractivity contribution in [1.82, 2.24) is 10.3 Å². The first-order valence-corrected chi connectivity index (χ1v) is 6.16. The average Bonchev–Trinajstić information content (AvgIpc) is 2.82. The molecule has 1 aliphatic heterocycles. The van der Waals surface area contributed by atoms with E-state index in [1.807, 2.05) is 26.0 Å². The number of rotatable bonds is 3. The third-order valence-corrected chi connectivity index (χ3v) is 3.54. The van der Waals surface area contributed by atoms with Crippen molar-refractivity contribution in [3.8, 4) is 0 Å². The standard InChI is InChI=1S/C13H19N3O/c1-3-13(7-5-9-15-13)12(17)16-11-6-4-8-14-10(11)2/h4,6,8,15H,3,5,7,9H2,1-2H3,(H,16,17). The van der Waals surface area contributed by atoms with E-state index >= 15 is 0 Å². The molecule has 1 amide bonds. The van der Waals surface area contributed by atoms with Gasteiger partial charge in [0.1, 0.15) is 0 Å². The van der Waals surface area contributed by atoms with E-state index in [0.717, 1.165) is 37.2 Å². The van der Waals surface area contributed by atoms with Crippen LogP contribution in [-0.2, 0) is 4.79 Å². The molecule has 0 radical (unpaired) electrons. The molecule has 0 bridgehead atoms. The van der Waals surface area contributed by atoms with Crippen molar-refractivity contribution >= 4 is 11.6 Å². The zero-order valence-corrected chi connectivity index (χ0v) is 10.4. The lowest BCUT2D eigenvalue weighted by Gasteiger charge is -2.26. The first-order valence-electron chi connectivity index (χ1n) is 6.16. The topological polar surface area (TPSA) is 54.0 Å². The fourth-order valence-electron chi connectivity index (χ4n) is 2.32. The van der Waals surface area contributed by atoms with E-state index in [1.165, 1.54) is 0 Å². The molecule has 2 heterocycles. The Kier molecular flexibility index (Phi) is 3.43. The quantitative estimate of drug-likeness (QED) is 0.838. The van der Waals surface area contributed by atoms with Gasteiger partial charge in [-0.15, -0.1) is 0 Å². The van der Waals surface area contributed by atoms with E-state index in [-0.39, 0.29) is 11.4 Å². The Labute approximate surface area is 102 Å². The molecule has 0 saturated carbocycles. The highest BCUT2D eigenvalue weighted by Gasteiger charge is 2.39. The summed E-state index contributed by atoms with van der Waals surface area (Å²) in [7, 11) is 0. The molecule has 1 aromatic heterocycles. The highest BCUT2D eigenvalue weighted by atomic mass is 16.2. The Morgan fingerprint density at radius 2 is 2.47 bits per heavy atom. The van der Waals surface area contributed by atoms with E-state index < -0.39 is 0 Å². The van der Waals surface area contributed by atoms with Crippen molar-refractivity contribution in [3.63, 3.8) is 0 Å². The summed E-state index contributed by atoms with van der Waals surface area (Å²) in [5, 5.41) is 6.31. The second kappa shape index (κ2) is 4.84. The molecular formula is C13H19N3O. The highest BCUT2D eigenvalue weighted by Crippen LogP contribution is 2.25. The van der Waals surface area contributed by atoms with Gasteiger partial charge in [0.15, 0.2) is 0 Å². The molecule has 2 rings (SSSR count). The number of aromatic nitrogens is 1. The minimum Gasteiger partial charge on any atom is -0.323 e. The third-order valence-electron chi connectivity index (χ3n) is 3.54. The molecule has 2 N–H and O–H groups in total. The van der Waals surface area contributed by atoms with Gasteiger partial charge in [0, 0.05) is 6.20 Å². The minimum atomic E-state index is -0.387. The van der Waals surface area contributed by atoms with Crippen molar-refractivity contribution in [3.05, 3.63) is 24.0 Å². The maximum Gasteiger partial charge on any atom is 0.244 e. The lowest BCUT2D eigenvalue weighted by atomic mass is 9.93. The lowest BCUT2D eigenvalue weighted by Crippen LogP contribution is -2.50. The Hall–Kier alpha value is -1.42. The number of nitrogens with zero attached hydrogens (tertiary/aromatic N) is 1. The molecule has 17 heavy (non-hydrogen) atoms. The summed E-state index contributed by atoms with van der Waals surface area (Å²) >= 11 is 0. The van der Waals surface area contributed by atoms with E-state index in [2.05, 4.69) is 15.6 Å². The number of anilines is 1. The van der Waals surface area contributed by atoms with Gasteiger partial charge in [0.2, 0.25) is 5.91 Å². The van der Waals surface area contributed by atoms with Gasteiger partial charge in [-0.25, -0.2) is 0 Å². The number of pyridine rings is 1. The van der Waals surface area contributed by atoms with Crippen LogP contribution in [0.4, 0.5) is 5.69 Å². The summed E-state index contributed by atoms with van der Waals surface area (Å²) < 4.78 is 0. The molecule has 4 heteroatoms. The van der Waals surface area contributed by atoms with Crippen LogP contribution in [0.2, 0.25) is 0 Å². The van der Waals surface area contributed by atoms with Gasteiger partial charge in [0.25, 0.3) is 0 Å². The summed E-state index contributed by atoms with van der Waals surface area (Å²) in [6.45, 7) is 4.87. The Balaban J connectivity index is 2.14. The number of amides is 1. The summed E-state index contributed by atoms with van der Waals surface area (Å²) in [5.41, 5.74) is 1.27. The van der Waals surface area contributed by atoms with Crippen LogP contribution < -0.4 is 10.6 Å². The largest absolute Gasteiger partial charge is 0.323 e. The van der Waals surface area contributed by atoms with Crippen LogP contribution in [-0.4, -0.2) is 23.0 Å². The van der Waals surface area contributed by atoms with Crippen LogP contribution in [0, 0.1) is 6.92 Å². The molecule has 1 unspecified atom stereocenters. The molecule has 92 valence electrons.